The second-order valence-electron chi connectivity index (χ2n) is 5.89. The Labute approximate surface area is 131 Å². The Morgan fingerprint density at radius 1 is 1.05 bits per heavy atom. The van der Waals surface area contributed by atoms with Crippen molar-refractivity contribution in [2.75, 3.05) is 0 Å². The first-order valence-electron chi connectivity index (χ1n) is 8.00. The van der Waals surface area contributed by atoms with E-state index in [4.69, 9.17) is 4.74 Å². The minimum Gasteiger partial charge on any atom is -0.489 e. The van der Waals surface area contributed by atoms with Crippen LogP contribution in [0.5, 0.6) is 5.75 Å². The van der Waals surface area contributed by atoms with Crippen molar-refractivity contribution in [2.45, 2.75) is 44.9 Å². The predicted molar refractivity (Wildman–Crippen MR) is 86.3 cm³/mol. The SMILES string of the molecule is Fc1ccccc1COc1cccc(CNC2CCCC2)c1. The first-order chi connectivity index (χ1) is 10.8. The molecule has 0 heterocycles. The number of benzene rings is 2. The van der Waals surface area contributed by atoms with Crippen molar-refractivity contribution in [2.24, 2.45) is 0 Å². The van der Waals surface area contributed by atoms with Gasteiger partial charge in [0, 0.05) is 18.2 Å². The summed E-state index contributed by atoms with van der Waals surface area (Å²) in [5.41, 5.74) is 1.79. The lowest BCUT2D eigenvalue weighted by atomic mass is 10.2. The molecular weight excluding hydrogens is 277 g/mol. The van der Waals surface area contributed by atoms with Gasteiger partial charge in [0.2, 0.25) is 0 Å². The second kappa shape index (κ2) is 7.41. The van der Waals surface area contributed by atoms with Crippen LogP contribution in [0.25, 0.3) is 0 Å². The largest absolute Gasteiger partial charge is 0.489 e. The maximum absolute atomic E-state index is 13.6. The van der Waals surface area contributed by atoms with E-state index in [1.165, 1.54) is 37.3 Å². The lowest BCUT2D eigenvalue weighted by Crippen LogP contribution is -2.25. The van der Waals surface area contributed by atoms with Crippen molar-refractivity contribution in [1.82, 2.24) is 5.32 Å². The van der Waals surface area contributed by atoms with Crippen molar-refractivity contribution in [3.8, 4) is 5.75 Å². The minimum atomic E-state index is -0.221. The third kappa shape index (κ3) is 4.08. The van der Waals surface area contributed by atoms with E-state index in [1.807, 2.05) is 24.3 Å². The van der Waals surface area contributed by atoms with Gasteiger partial charge in [-0.15, -0.1) is 0 Å². The molecule has 0 atom stereocenters. The number of hydrogen-bond donors (Lipinski definition) is 1. The first kappa shape index (κ1) is 15.0. The Morgan fingerprint density at radius 2 is 1.86 bits per heavy atom. The molecule has 0 bridgehead atoms. The van der Waals surface area contributed by atoms with Gasteiger partial charge < -0.3 is 10.1 Å². The number of rotatable bonds is 6. The topological polar surface area (TPSA) is 21.3 Å². The van der Waals surface area contributed by atoms with Crippen LogP contribution < -0.4 is 10.1 Å². The van der Waals surface area contributed by atoms with Crippen LogP contribution in [0, 0.1) is 5.82 Å². The maximum atomic E-state index is 13.6. The summed E-state index contributed by atoms with van der Waals surface area (Å²) in [4.78, 5) is 0. The molecule has 0 spiro atoms. The lowest BCUT2D eigenvalue weighted by molar-refractivity contribution is 0.299. The second-order valence-corrected chi connectivity index (χ2v) is 5.89. The number of hydrogen-bond acceptors (Lipinski definition) is 2. The highest BCUT2D eigenvalue weighted by Gasteiger charge is 2.13. The van der Waals surface area contributed by atoms with Crippen LogP contribution in [-0.2, 0) is 13.2 Å². The Balaban J connectivity index is 1.55. The molecule has 0 unspecified atom stereocenters. The summed E-state index contributed by atoms with van der Waals surface area (Å²) >= 11 is 0. The van der Waals surface area contributed by atoms with Gasteiger partial charge in [0.25, 0.3) is 0 Å². The fourth-order valence-electron chi connectivity index (χ4n) is 2.91. The quantitative estimate of drug-likeness (QED) is 0.851. The van der Waals surface area contributed by atoms with E-state index < -0.39 is 0 Å². The molecule has 2 aromatic rings. The molecule has 0 amide bonds. The van der Waals surface area contributed by atoms with Crippen molar-refractivity contribution < 1.29 is 9.13 Å². The van der Waals surface area contributed by atoms with Gasteiger partial charge in [-0.25, -0.2) is 4.39 Å². The highest BCUT2D eigenvalue weighted by molar-refractivity contribution is 5.29. The number of halogens is 1. The van der Waals surface area contributed by atoms with E-state index >= 15 is 0 Å². The van der Waals surface area contributed by atoms with Crippen LogP contribution in [-0.4, -0.2) is 6.04 Å². The lowest BCUT2D eigenvalue weighted by Gasteiger charge is -2.13. The standard InChI is InChI=1S/C19H22FNO/c20-19-11-4-1-7-16(19)14-22-18-10-5-6-15(12-18)13-21-17-8-2-3-9-17/h1,4-7,10-12,17,21H,2-3,8-9,13-14H2. The van der Waals surface area contributed by atoms with Gasteiger partial charge in [0.05, 0.1) is 0 Å². The fraction of sp³-hybridized carbons (Fsp3) is 0.368. The molecule has 0 aromatic heterocycles. The van der Waals surface area contributed by atoms with E-state index in [-0.39, 0.29) is 12.4 Å². The number of ether oxygens (including phenoxy) is 1. The monoisotopic (exact) mass is 299 g/mol. The molecular formula is C19H22FNO. The van der Waals surface area contributed by atoms with Crippen molar-refractivity contribution in [3.05, 3.63) is 65.5 Å². The van der Waals surface area contributed by atoms with E-state index in [0.717, 1.165) is 12.3 Å². The molecule has 1 aliphatic rings. The molecule has 0 saturated heterocycles. The minimum absolute atomic E-state index is 0.221. The zero-order chi connectivity index (χ0) is 15.2. The fourth-order valence-corrected chi connectivity index (χ4v) is 2.91. The van der Waals surface area contributed by atoms with Crippen molar-refractivity contribution >= 4 is 0 Å². The van der Waals surface area contributed by atoms with Gasteiger partial charge in [-0.1, -0.05) is 43.2 Å². The molecule has 0 radical (unpaired) electrons. The molecule has 116 valence electrons. The van der Waals surface area contributed by atoms with Gasteiger partial charge in [-0.05, 0) is 36.6 Å². The molecule has 3 heteroatoms. The van der Waals surface area contributed by atoms with Gasteiger partial charge >= 0.3 is 0 Å². The van der Waals surface area contributed by atoms with Gasteiger partial charge in [0.15, 0.2) is 0 Å². The van der Waals surface area contributed by atoms with Crippen molar-refractivity contribution in [1.29, 1.82) is 0 Å². The van der Waals surface area contributed by atoms with Crippen LogP contribution in [0.2, 0.25) is 0 Å². The Bertz CT molecular complexity index is 608. The third-order valence-corrected chi connectivity index (χ3v) is 4.20. The summed E-state index contributed by atoms with van der Waals surface area (Å²) in [5.74, 6) is 0.565. The summed E-state index contributed by atoms with van der Waals surface area (Å²) < 4.78 is 19.3. The molecule has 2 nitrogen and oxygen atoms in total. The molecule has 1 saturated carbocycles. The molecule has 1 fully saturated rings. The zero-order valence-electron chi connectivity index (χ0n) is 12.7. The predicted octanol–water partition coefficient (Wildman–Crippen LogP) is 4.44. The normalized spacial score (nSPS) is 15.1. The van der Waals surface area contributed by atoms with Crippen LogP contribution in [0.15, 0.2) is 48.5 Å². The van der Waals surface area contributed by atoms with E-state index in [2.05, 4.69) is 11.4 Å². The molecule has 3 rings (SSSR count). The average molecular weight is 299 g/mol. The van der Waals surface area contributed by atoms with Crippen LogP contribution >= 0.6 is 0 Å². The van der Waals surface area contributed by atoms with Gasteiger partial charge in [-0.2, -0.15) is 0 Å². The molecule has 0 aliphatic heterocycles. The summed E-state index contributed by atoms with van der Waals surface area (Å²) in [6.07, 6.45) is 5.24. The summed E-state index contributed by atoms with van der Waals surface area (Å²) in [7, 11) is 0. The van der Waals surface area contributed by atoms with E-state index in [0.29, 0.717) is 11.6 Å². The Morgan fingerprint density at radius 3 is 2.68 bits per heavy atom. The Hall–Kier alpha value is -1.87. The highest BCUT2D eigenvalue weighted by Crippen LogP contribution is 2.20. The van der Waals surface area contributed by atoms with E-state index in [1.54, 1.807) is 12.1 Å². The highest BCUT2D eigenvalue weighted by atomic mass is 19.1. The smallest absolute Gasteiger partial charge is 0.129 e. The summed E-state index contributed by atoms with van der Waals surface area (Å²) in [6, 6.07) is 15.4. The van der Waals surface area contributed by atoms with Crippen LogP contribution in [0.3, 0.4) is 0 Å². The maximum Gasteiger partial charge on any atom is 0.129 e. The molecule has 1 aliphatic carbocycles. The molecule has 22 heavy (non-hydrogen) atoms. The Kier molecular flexibility index (Phi) is 5.07. The average Bonchev–Trinajstić information content (AvgIpc) is 3.06. The summed E-state index contributed by atoms with van der Waals surface area (Å²) in [6.45, 7) is 1.12. The van der Waals surface area contributed by atoms with Crippen LogP contribution in [0.4, 0.5) is 4.39 Å². The van der Waals surface area contributed by atoms with E-state index in [9.17, 15) is 4.39 Å². The first-order valence-corrected chi connectivity index (χ1v) is 8.00. The summed E-state index contributed by atoms with van der Waals surface area (Å²) in [5, 5.41) is 3.59. The van der Waals surface area contributed by atoms with Gasteiger partial charge in [0.1, 0.15) is 18.2 Å². The third-order valence-electron chi connectivity index (χ3n) is 4.20. The van der Waals surface area contributed by atoms with Crippen LogP contribution in [0.1, 0.15) is 36.8 Å². The molecule has 1 N–H and O–H groups in total. The number of nitrogens with one attached hydrogen (secondary N) is 1. The molecule has 2 aromatic carbocycles. The van der Waals surface area contributed by atoms with Crippen molar-refractivity contribution in [3.63, 3.8) is 0 Å². The van der Waals surface area contributed by atoms with Gasteiger partial charge in [-0.3, -0.25) is 0 Å². The zero-order valence-corrected chi connectivity index (χ0v) is 12.7.